The summed E-state index contributed by atoms with van der Waals surface area (Å²) in [5.41, 5.74) is 0. The smallest absolute Gasteiger partial charge is 0.239 e. The van der Waals surface area contributed by atoms with Crippen molar-refractivity contribution in [3.8, 4) is 0 Å². The van der Waals surface area contributed by atoms with Gasteiger partial charge < -0.3 is 15.2 Å². The number of carbonyl (C=O) groups is 1. The van der Waals surface area contributed by atoms with Gasteiger partial charge >= 0.3 is 0 Å². The van der Waals surface area contributed by atoms with Crippen molar-refractivity contribution in [1.82, 2.24) is 20.2 Å². The molecule has 108 valence electrons. The van der Waals surface area contributed by atoms with E-state index in [-0.39, 0.29) is 5.91 Å². The van der Waals surface area contributed by atoms with Gasteiger partial charge in [-0.3, -0.25) is 4.79 Å². The highest BCUT2D eigenvalue weighted by molar-refractivity contribution is 5.75. The van der Waals surface area contributed by atoms with Gasteiger partial charge in [0.05, 0.1) is 6.54 Å². The summed E-state index contributed by atoms with van der Waals surface area (Å²) in [5.74, 6) is 2.02. The molecule has 0 fully saturated rings. The first-order chi connectivity index (χ1) is 8.99. The summed E-state index contributed by atoms with van der Waals surface area (Å²) < 4.78 is 1.89. The lowest BCUT2D eigenvalue weighted by molar-refractivity contribution is -0.121. The summed E-state index contributed by atoms with van der Waals surface area (Å²) in [6.45, 7) is 11.2. The molecule has 0 spiro atoms. The molecule has 0 saturated heterocycles. The Labute approximate surface area is 115 Å². The Hall–Kier alpha value is -1.36. The number of hydrogen-bond donors (Lipinski definition) is 2. The quantitative estimate of drug-likeness (QED) is 0.748. The fourth-order valence-corrected chi connectivity index (χ4v) is 1.65. The Morgan fingerprint density at radius 3 is 2.58 bits per heavy atom. The minimum atomic E-state index is 0.0387. The Morgan fingerprint density at radius 2 is 1.95 bits per heavy atom. The van der Waals surface area contributed by atoms with E-state index in [1.165, 1.54) is 0 Å². The van der Waals surface area contributed by atoms with Crippen LogP contribution in [0.3, 0.4) is 0 Å². The first-order valence-electron chi connectivity index (χ1n) is 6.96. The number of carbonyl (C=O) groups excluding carboxylic acids is 1. The second-order valence-electron chi connectivity index (χ2n) is 5.69. The third kappa shape index (κ3) is 6.38. The number of aromatic nitrogens is 2. The maximum absolute atomic E-state index is 11.8. The van der Waals surface area contributed by atoms with Gasteiger partial charge in [-0.05, 0) is 18.4 Å². The van der Waals surface area contributed by atoms with Crippen molar-refractivity contribution in [3.05, 3.63) is 18.2 Å². The molecule has 0 aliphatic rings. The molecule has 2 N–H and O–H groups in total. The first kappa shape index (κ1) is 15.7. The van der Waals surface area contributed by atoms with E-state index >= 15 is 0 Å². The highest BCUT2D eigenvalue weighted by atomic mass is 16.1. The average molecular weight is 266 g/mol. The summed E-state index contributed by atoms with van der Waals surface area (Å²) in [4.78, 5) is 16.1. The van der Waals surface area contributed by atoms with E-state index < -0.39 is 0 Å². The maximum atomic E-state index is 11.8. The van der Waals surface area contributed by atoms with Gasteiger partial charge in [0.25, 0.3) is 0 Å². The van der Waals surface area contributed by atoms with Crippen LogP contribution in [-0.2, 0) is 17.9 Å². The molecule has 5 heteroatoms. The zero-order valence-corrected chi connectivity index (χ0v) is 12.4. The molecule has 0 aliphatic heterocycles. The monoisotopic (exact) mass is 266 g/mol. The lowest BCUT2D eigenvalue weighted by atomic mass is 10.2. The third-order valence-electron chi connectivity index (χ3n) is 2.66. The number of amides is 1. The number of hydrogen-bond acceptors (Lipinski definition) is 3. The Morgan fingerprint density at radius 1 is 1.26 bits per heavy atom. The molecule has 0 bridgehead atoms. The zero-order chi connectivity index (χ0) is 14.3. The van der Waals surface area contributed by atoms with Crippen molar-refractivity contribution in [2.75, 3.05) is 13.1 Å². The summed E-state index contributed by atoms with van der Waals surface area (Å²) in [7, 11) is 0. The van der Waals surface area contributed by atoms with Crippen molar-refractivity contribution < 1.29 is 4.79 Å². The van der Waals surface area contributed by atoms with Gasteiger partial charge in [-0.1, -0.05) is 27.7 Å². The minimum absolute atomic E-state index is 0.0387. The zero-order valence-electron chi connectivity index (χ0n) is 12.4. The minimum Gasteiger partial charge on any atom is -0.354 e. The van der Waals surface area contributed by atoms with Crippen LogP contribution in [0.15, 0.2) is 12.4 Å². The standard InChI is InChI=1S/C14H26N4O/c1-11(2)7-15-9-13-16-5-6-18(13)10-14(19)17-8-12(3)4/h5-6,11-12,15H,7-10H2,1-4H3,(H,17,19). The normalized spacial score (nSPS) is 11.3. The molecule has 1 rings (SSSR count). The van der Waals surface area contributed by atoms with E-state index in [1.54, 1.807) is 6.20 Å². The number of rotatable bonds is 8. The molecule has 0 aromatic carbocycles. The summed E-state index contributed by atoms with van der Waals surface area (Å²) >= 11 is 0. The van der Waals surface area contributed by atoms with Crippen LogP contribution in [0.5, 0.6) is 0 Å². The van der Waals surface area contributed by atoms with Crippen LogP contribution in [0, 0.1) is 11.8 Å². The summed E-state index contributed by atoms with van der Waals surface area (Å²) in [5, 5.41) is 6.25. The average Bonchev–Trinajstić information content (AvgIpc) is 2.74. The van der Waals surface area contributed by atoms with E-state index in [4.69, 9.17) is 0 Å². The third-order valence-corrected chi connectivity index (χ3v) is 2.66. The number of nitrogens with zero attached hydrogens (tertiary/aromatic N) is 2. The van der Waals surface area contributed by atoms with Gasteiger partial charge in [-0.25, -0.2) is 4.98 Å². The molecule has 0 atom stereocenters. The van der Waals surface area contributed by atoms with Crippen LogP contribution < -0.4 is 10.6 Å². The molecular weight excluding hydrogens is 240 g/mol. The fourth-order valence-electron chi connectivity index (χ4n) is 1.65. The van der Waals surface area contributed by atoms with Gasteiger partial charge in [0.2, 0.25) is 5.91 Å². The Balaban J connectivity index is 2.41. The molecule has 1 amide bonds. The predicted molar refractivity (Wildman–Crippen MR) is 76.6 cm³/mol. The second-order valence-corrected chi connectivity index (χ2v) is 5.69. The lowest BCUT2D eigenvalue weighted by Crippen LogP contribution is -2.31. The van der Waals surface area contributed by atoms with E-state index in [0.29, 0.717) is 31.5 Å². The summed E-state index contributed by atoms with van der Waals surface area (Å²) in [6, 6.07) is 0. The van der Waals surface area contributed by atoms with Crippen LogP contribution in [0.1, 0.15) is 33.5 Å². The molecule has 1 heterocycles. The van der Waals surface area contributed by atoms with Crippen LogP contribution in [0.2, 0.25) is 0 Å². The van der Waals surface area contributed by atoms with Gasteiger partial charge in [-0.15, -0.1) is 0 Å². The van der Waals surface area contributed by atoms with Crippen molar-refractivity contribution in [3.63, 3.8) is 0 Å². The van der Waals surface area contributed by atoms with Gasteiger partial charge in [-0.2, -0.15) is 0 Å². The molecule has 5 nitrogen and oxygen atoms in total. The Kier molecular flexibility index (Phi) is 6.56. The Bertz CT molecular complexity index is 385. The van der Waals surface area contributed by atoms with Gasteiger partial charge in [0.1, 0.15) is 12.4 Å². The van der Waals surface area contributed by atoms with Crippen LogP contribution in [0.4, 0.5) is 0 Å². The predicted octanol–water partition coefficient (Wildman–Crippen LogP) is 1.40. The first-order valence-corrected chi connectivity index (χ1v) is 6.96. The number of imidazole rings is 1. The van der Waals surface area contributed by atoms with E-state index in [9.17, 15) is 4.79 Å². The topological polar surface area (TPSA) is 59.0 Å². The second kappa shape index (κ2) is 7.94. The highest BCUT2D eigenvalue weighted by Crippen LogP contribution is 1.98. The van der Waals surface area contributed by atoms with Crippen molar-refractivity contribution in [1.29, 1.82) is 0 Å². The van der Waals surface area contributed by atoms with Crippen molar-refractivity contribution in [2.45, 2.75) is 40.8 Å². The van der Waals surface area contributed by atoms with Gasteiger partial charge in [0.15, 0.2) is 0 Å². The van der Waals surface area contributed by atoms with Crippen molar-refractivity contribution in [2.24, 2.45) is 11.8 Å². The van der Waals surface area contributed by atoms with Crippen LogP contribution in [0.25, 0.3) is 0 Å². The largest absolute Gasteiger partial charge is 0.354 e. The maximum Gasteiger partial charge on any atom is 0.239 e. The number of nitrogens with one attached hydrogen (secondary N) is 2. The van der Waals surface area contributed by atoms with Crippen LogP contribution >= 0.6 is 0 Å². The molecule has 19 heavy (non-hydrogen) atoms. The molecule has 0 aliphatic carbocycles. The van der Waals surface area contributed by atoms with E-state index in [2.05, 4.69) is 43.3 Å². The molecule has 1 aromatic rings. The summed E-state index contributed by atoms with van der Waals surface area (Å²) in [6.07, 6.45) is 3.59. The van der Waals surface area contributed by atoms with Crippen molar-refractivity contribution >= 4 is 5.91 Å². The molecule has 0 saturated carbocycles. The molecule has 0 unspecified atom stereocenters. The van der Waals surface area contributed by atoms with E-state index in [1.807, 2.05) is 10.8 Å². The van der Waals surface area contributed by atoms with Crippen LogP contribution in [-0.4, -0.2) is 28.5 Å². The fraction of sp³-hybridized carbons (Fsp3) is 0.714. The van der Waals surface area contributed by atoms with E-state index in [0.717, 1.165) is 12.4 Å². The highest BCUT2D eigenvalue weighted by Gasteiger charge is 2.08. The SMILES string of the molecule is CC(C)CNCc1nccn1CC(=O)NCC(C)C. The molecular formula is C14H26N4O. The van der Waals surface area contributed by atoms with Gasteiger partial charge in [0, 0.05) is 18.9 Å². The molecule has 0 radical (unpaired) electrons. The molecule has 1 aromatic heterocycles. The lowest BCUT2D eigenvalue weighted by Gasteiger charge is -2.11.